The highest BCUT2D eigenvalue weighted by Crippen LogP contribution is 2.37. The molecule has 3 rings (SSSR count). The normalized spacial score (nSPS) is 11.0. The monoisotopic (exact) mass is 404 g/mol. The van der Waals surface area contributed by atoms with Gasteiger partial charge >= 0.3 is 0 Å². The van der Waals surface area contributed by atoms with E-state index in [1.807, 2.05) is 12.1 Å². The van der Waals surface area contributed by atoms with E-state index in [0.29, 0.717) is 32.9 Å². The van der Waals surface area contributed by atoms with Crippen molar-refractivity contribution in [3.63, 3.8) is 0 Å². The van der Waals surface area contributed by atoms with Crippen molar-refractivity contribution in [2.45, 2.75) is 0 Å². The van der Waals surface area contributed by atoms with E-state index >= 15 is 0 Å². The fraction of sp³-hybridized carbons (Fsp3) is 0.167. The Hall–Kier alpha value is -2.84. The van der Waals surface area contributed by atoms with Crippen LogP contribution in [0, 0.1) is 4.77 Å². The first-order valence-corrected chi connectivity index (χ1v) is 8.63. The number of rotatable bonds is 6. The first kappa shape index (κ1) is 18.9. The molecule has 0 fully saturated rings. The van der Waals surface area contributed by atoms with Crippen LogP contribution in [-0.4, -0.2) is 42.4 Å². The Kier molecular flexibility index (Phi) is 5.78. The van der Waals surface area contributed by atoms with Crippen LogP contribution < -0.4 is 14.2 Å². The van der Waals surface area contributed by atoms with Crippen LogP contribution in [0.25, 0.3) is 11.4 Å². The Labute approximate surface area is 166 Å². The van der Waals surface area contributed by atoms with Crippen LogP contribution in [0.3, 0.4) is 0 Å². The van der Waals surface area contributed by atoms with Crippen LogP contribution in [0.2, 0.25) is 5.02 Å². The molecule has 0 radical (unpaired) electrons. The quantitative estimate of drug-likeness (QED) is 0.493. The minimum absolute atomic E-state index is 0.355. The van der Waals surface area contributed by atoms with Crippen molar-refractivity contribution in [2.75, 3.05) is 21.3 Å². The van der Waals surface area contributed by atoms with Crippen molar-refractivity contribution in [2.24, 2.45) is 5.10 Å². The van der Waals surface area contributed by atoms with Crippen LogP contribution in [0.1, 0.15) is 5.56 Å². The number of methoxy groups -OCH3 is 3. The lowest BCUT2D eigenvalue weighted by Crippen LogP contribution is -1.98. The third-order valence-electron chi connectivity index (χ3n) is 3.74. The second kappa shape index (κ2) is 8.24. The standard InChI is InChI=1S/C18H17ClN4O3S/c1-24-14-7-11(8-15(25-2)16(14)26-3)10-20-23-17(21-22-18(23)27)12-5-4-6-13(19)9-12/h4-10H,1-3H3,(H,22,27). The summed E-state index contributed by atoms with van der Waals surface area (Å²) >= 11 is 11.4. The van der Waals surface area contributed by atoms with Gasteiger partial charge in [-0.1, -0.05) is 23.7 Å². The molecule has 0 saturated carbocycles. The fourth-order valence-corrected chi connectivity index (χ4v) is 2.88. The summed E-state index contributed by atoms with van der Waals surface area (Å²) in [5.41, 5.74) is 1.53. The van der Waals surface area contributed by atoms with E-state index < -0.39 is 0 Å². The lowest BCUT2D eigenvalue weighted by molar-refractivity contribution is 0.324. The number of hydrogen-bond acceptors (Lipinski definition) is 6. The summed E-state index contributed by atoms with van der Waals surface area (Å²) in [7, 11) is 4.67. The van der Waals surface area contributed by atoms with Crippen molar-refractivity contribution >= 4 is 30.0 Å². The Morgan fingerprint density at radius 3 is 2.41 bits per heavy atom. The van der Waals surface area contributed by atoms with E-state index in [1.54, 1.807) is 51.8 Å². The van der Waals surface area contributed by atoms with Gasteiger partial charge in [0, 0.05) is 16.1 Å². The zero-order valence-electron chi connectivity index (χ0n) is 14.9. The van der Waals surface area contributed by atoms with Gasteiger partial charge in [-0.3, -0.25) is 0 Å². The van der Waals surface area contributed by atoms with Crippen molar-refractivity contribution in [3.8, 4) is 28.6 Å². The van der Waals surface area contributed by atoms with E-state index in [-0.39, 0.29) is 0 Å². The Bertz CT molecular complexity index is 1020. The molecule has 0 atom stereocenters. The molecule has 0 saturated heterocycles. The molecule has 0 aliphatic heterocycles. The average Bonchev–Trinajstić information content (AvgIpc) is 3.05. The Morgan fingerprint density at radius 1 is 1.11 bits per heavy atom. The lowest BCUT2D eigenvalue weighted by atomic mass is 10.2. The summed E-state index contributed by atoms with van der Waals surface area (Å²) in [6.07, 6.45) is 1.63. The number of hydrogen-bond donors (Lipinski definition) is 1. The molecular formula is C18H17ClN4O3S. The van der Waals surface area contributed by atoms with Crippen LogP contribution >= 0.6 is 23.8 Å². The summed E-state index contributed by atoms with van der Waals surface area (Å²) in [6, 6.07) is 10.9. The molecule has 140 valence electrons. The van der Waals surface area contributed by atoms with Gasteiger partial charge in [-0.05, 0) is 36.5 Å². The summed E-state index contributed by atoms with van der Waals surface area (Å²) in [5, 5.41) is 12.0. The highest BCUT2D eigenvalue weighted by atomic mass is 35.5. The molecule has 0 spiro atoms. The van der Waals surface area contributed by atoms with Gasteiger partial charge in [0.1, 0.15) is 0 Å². The predicted octanol–water partition coefficient (Wildman–Crippen LogP) is 4.17. The molecule has 7 nitrogen and oxygen atoms in total. The van der Waals surface area contributed by atoms with E-state index in [2.05, 4.69) is 15.3 Å². The van der Waals surface area contributed by atoms with Gasteiger partial charge in [0.25, 0.3) is 0 Å². The molecular weight excluding hydrogens is 388 g/mol. The van der Waals surface area contributed by atoms with Crippen molar-refractivity contribution < 1.29 is 14.2 Å². The third-order valence-corrected chi connectivity index (χ3v) is 4.24. The number of H-pyrrole nitrogens is 1. The van der Waals surface area contributed by atoms with Gasteiger partial charge in [-0.15, -0.1) is 0 Å². The minimum atomic E-state index is 0.355. The highest BCUT2D eigenvalue weighted by Gasteiger charge is 2.13. The first-order valence-electron chi connectivity index (χ1n) is 7.85. The van der Waals surface area contributed by atoms with Crippen LogP contribution in [0.4, 0.5) is 0 Å². The third kappa shape index (κ3) is 3.96. The zero-order chi connectivity index (χ0) is 19.4. The number of aromatic nitrogens is 3. The zero-order valence-corrected chi connectivity index (χ0v) is 16.5. The number of aromatic amines is 1. The Morgan fingerprint density at radius 2 is 1.81 bits per heavy atom. The van der Waals surface area contributed by atoms with Gasteiger partial charge in [0.15, 0.2) is 17.3 Å². The first-order chi connectivity index (χ1) is 13.1. The number of nitrogens with zero attached hydrogens (tertiary/aromatic N) is 3. The van der Waals surface area contributed by atoms with Crippen LogP contribution in [-0.2, 0) is 0 Å². The van der Waals surface area contributed by atoms with Gasteiger partial charge in [0.05, 0.1) is 27.5 Å². The maximum absolute atomic E-state index is 6.07. The van der Waals surface area contributed by atoms with E-state index in [0.717, 1.165) is 11.1 Å². The maximum Gasteiger partial charge on any atom is 0.216 e. The van der Waals surface area contributed by atoms with E-state index in [9.17, 15) is 0 Å². The molecule has 0 aliphatic carbocycles. The topological polar surface area (TPSA) is 73.7 Å². The number of benzene rings is 2. The molecule has 0 bridgehead atoms. The molecule has 0 unspecified atom stereocenters. The largest absolute Gasteiger partial charge is 0.493 e. The smallest absolute Gasteiger partial charge is 0.216 e. The van der Waals surface area contributed by atoms with E-state index in [4.69, 9.17) is 38.0 Å². The number of ether oxygens (including phenoxy) is 3. The summed E-state index contributed by atoms with van der Waals surface area (Å²) in [4.78, 5) is 0. The van der Waals surface area contributed by atoms with Gasteiger partial charge < -0.3 is 14.2 Å². The summed E-state index contributed by atoms with van der Waals surface area (Å²) < 4.78 is 17.9. The molecule has 3 aromatic rings. The predicted molar refractivity (Wildman–Crippen MR) is 107 cm³/mol. The summed E-state index contributed by atoms with van der Waals surface area (Å²) in [6.45, 7) is 0. The SMILES string of the molecule is COc1cc(C=Nn2c(-c3cccc(Cl)c3)n[nH]c2=S)cc(OC)c1OC. The molecule has 1 aromatic heterocycles. The van der Waals surface area contributed by atoms with Gasteiger partial charge in [0.2, 0.25) is 10.5 Å². The molecule has 1 heterocycles. The summed E-state index contributed by atoms with van der Waals surface area (Å²) in [5.74, 6) is 2.12. The average molecular weight is 405 g/mol. The minimum Gasteiger partial charge on any atom is -0.493 e. The number of halogens is 1. The number of nitrogens with one attached hydrogen (secondary N) is 1. The lowest BCUT2D eigenvalue weighted by Gasteiger charge is -2.12. The van der Waals surface area contributed by atoms with Crippen molar-refractivity contribution in [3.05, 3.63) is 51.8 Å². The fourth-order valence-electron chi connectivity index (χ4n) is 2.51. The highest BCUT2D eigenvalue weighted by molar-refractivity contribution is 7.71. The van der Waals surface area contributed by atoms with Gasteiger partial charge in [-0.2, -0.15) is 14.9 Å². The van der Waals surface area contributed by atoms with Gasteiger partial charge in [-0.25, -0.2) is 5.10 Å². The van der Waals surface area contributed by atoms with Crippen molar-refractivity contribution in [1.82, 2.24) is 14.9 Å². The second-order valence-corrected chi connectivity index (χ2v) is 6.20. The van der Waals surface area contributed by atoms with Crippen molar-refractivity contribution in [1.29, 1.82) is 0 Å². The second-order valence-electron chi connectivity index (χ2n) is 5.38. The molecule has 27 heavy (non-hydrogen) atoms. The maximum atomic E-state index is 6.07. The van der Waals surface area contributed by atoms with E-state index in [1.165, 1.54) is 4.68 Å². The van der Waals surface area contributed by atoms with Crippen LogP contribution in [0.15, 0.2) is 41.5 Å². The molecule has 1 N–H and O–H groups in total. The molecule has 0 amide bonds. The molecule has 9 heteroatoms. The molecule has 0 aliphatic rings. The molecule has 2 aromatic carbocycles. The Balaban J connectivity index is 2.03. The van der Waals surface area contributed by atoms with Crippen LogP contribution in [0.5, 0.6) is 17.2 Å².